The van der Waals surface area contributed by atoms with E-state index in [-0.39, 0.29) is 5.41 Å². The first-order valence-electron chi connectivity index (χ1n) is 8.05. The molecule has 1 N–H and O–H groups in total. The lowest BCUT2D eigenvalue weighted by Crippen LogP contribution is -2.48. The van der Waals surface area contributed by atoms with Crippen LogP contribution in [0.3, 0.4) is 0 Å². The lowest BCUT2D eigenvalue weighted by atomic mass is 9.69. The Labute approximate surface area is 128 Å². The first-order chi connectivity index (χ1) is 9.27. The van der Waals surface area contributed by atoms with Crippen LogP contribution in [-0.4, -0.2) is 12.6 Å². The first kappa shape index (κ1) is 14.6. The zero-order chi connectivity index (χ0) is 14.6. The van der Waals surface area contributed by atoms with E-state index in [4.69, 9.17) is 0 Å². The highest BCUT2D eigenvalue weighted by atomic mass is 32.1. The Hall–Kier alpha value is -0.340. The number of hydrogen-bond acceptors (Lipinski definition) is 2. The smallest absolute Gasteiger partial charge is 0.0129 e. The van der Waals surface area contributed by atoms with Crippen molar-refractivity contribution in [1.82, 2.24) is 5.32 Å². The van der Waals surface area contributed by atoms with Crippen LogP contribution in [0.2, 0.25) is 0 Å². The van der Waals surface area contributed by atoms with Crippen molar-refractivity contribution in [2.24, 2.45) is 16.7 Å². The van der Waals surface area contributed by atoms with Crippen LogP contribution in [0.1, 0.15) is 58.8 Å². The van der Waals surface area contributed by atoms with Gasteiger partial charge in [0.1, 0.15) is 0 Å². The summed E-state index contributed by atoms with van der Waals surface area (Å²) in [5, 5.41) is 6.14. The molecule has 1 aromatic rings. The second-order valence-corrected chi connectivity index (χ2v) is 9.35. The van der Waals surface area contributed by atoms with E-state index in [9.17, 15) is 0 Å². The zero-order valence-corrected chi connectivity index (χ0v) is 14.4. The Morgan fingerprint density at radius 3 is 2.60 bits per heavy atom. The van der Waals surface area contributed by atoms with Gasteiger partial charge in [-0.05, 0) is 47.5 Å². The molecule has 2 aliphatic carbocycles. The van der Waals surface area contributed by atoms with Crippen molar-refractivity contribution in [2.45, 2.75) is 65.3 Å². The molecule has 3 unspecified atom stereocenters. The largest absolute Gasteiger partial charge is 0.313 e. The summed E-state index contributed by atoms with van der Waals surface area (Å²) in [5.41, 5.74) is 1.25. The van der Waals surface area contributed by atoms with Crippen LogP contribution in [0.5, 0.6) is 0 Å². The van der Waals surface area contributed by atoms with Gasteiger partial charge in [0.05, 0.1) is 0 Å². The van der Waals surface area contributed by atoms with Gasteiger partial charge < -0.3 is 5.32 Å². The second-order valence-electron chi connectivity index (χ2n) is 8.41. The highest BCUT2D eigenvalue weighted by molar-refractivity contribution is 7.10. The Morgan fingerprint density at radius 1 is 1.35 bits per heavy atom. The van der Waals surface area contributed by atoms with E-state index in [0.717, 1.165) is 12.5 Å². The summed E-state index contributed by atoms with van der Waals surface area (Å²) in [6.45, 7) is 13.3. The fourth-order valence-corrected chi connectivity index (χ4v) is 5.49. The van der Waals surface area contributed by atoms with Gasteiger partial charge in [0.15, 0.2) is 0 Å². The molecule has 1 nitrogen and oxygen atoms in total. The molecule has 3 atom stereocenters. The Morgan fingerprint density at radius 2 is 2.10 bits per heavy atom. The number of thiophene rings is 1. The van der Waals surface area contributed by atoms with Crippen molar-refractivity contribution in [3.63, 3.8) is 0 Å². The predicted octanol–water partition coefficient (Wildman–Crippen LogP) is 4.83. The van der Waals surface area contributed by atoms with Crippen molar-refractivity contribution in [2.75, 3.05) is 6.54 Å². The molecule has 2 heteroatoms. The van der Waals surface area contributed by atoms with Crippen LogP contribution in [0, 0.1) is 16.7 Å². The molecule has 2 saturated carbocycles. The maximum atomic E-state index is 3.94. The molecule has 112 valence electrons. The van der Waals surface area contributed by atoms with Gasteiger partial charge in [0.2, 0.25) is 0 Å². The molecule has 0 radical (unpaired) electrons. The molecule has 0 aromatic carbocycles. The molecule has 2 aliphatic rings. The SMILES string of the molecule is CC(C)(CNC1CC2CCC1(C)C2(C)C)c1cccs1. The summed E-state index contributed by atoms with van der Waals surface area (Å²) in [7, 11) is 0. The average molecular weight is 292 g/mol. The molecule has 0 aliphatic heterocycles. The summed E-state index contributed by atoms with van der Waals surface area (Å²) in [6.07, 6.45) is 4.22. The van der Waals surface area contributed by atoms with Gasteiger partial charge in [-0.1, -0.05) is 40.7 Å². The Bertz CT molecular complexity index is 474. The third kappa shape index (κ3) is 1.99. The minimum atomic E-state index is 0.247. The zero-order valence-electron chi connectivity index (χ0n) is 13.6. The monoisotopic (exact) mass is 291 g/mol. The van der Waals surface area contributed by atoms with Crippen LogP contribution in [0.25, 0.3) is 0 Å². The van der Waals surface area contributed by atoms with Crippen molar-refractivity contribution >= 4 is 11.3 Å². The molecule has 0 amide bonds. The van der Waals surface area contributed by atoms with Crippen LogP contribution in [0.15, 0.2) is 17.5 Å². The lowest BCUT2D eigenvalue weighted by Gasteiger charge is -2.41. The minimum absolute atomic E-state index is 0.247. The fourth-order valence-electron chi connectivity index (χ4n) is 4.64. The molecular weight excluding hydrogens is 262 g/mol. The third-order valence-electron chi connectivity index (χ3n) is 6.77. The summed E-state index contributed by atoms with van der Waals surface area (Å²) in [4.78, 5) is 1.50. The van der Waals surface area contributed by atoms with Crippen LogP contribution in [-0.2, 0) is 5.41 Å². The van der Waals surface area contributed by atoms with E-state index < -0.39 is 0 Å². The summed E-state index contributed by atoms with van der Waals surface area (Å²) < 4.78 is 0. The topological polar surface area (TPSA) is 12.0 Å². The minimum Gasteiger partial charge on any atom is -0.313 e. The maximum absolute atomic E-state index is 3.94. The third-order valence-corrected chi connectivity index (χ3v) is 8.01. The van der Waals surface area contributed by atoms with Gasteiger partial charge >= 0.3 is 0 Å². The van der Waals surface area contributed by atoms with Crippen LogP contribution < -0.4 is 5.32 Å². The van der Waals surface area contributed by atoms with Crippen molar-refractivity contribution in [1.29, 1.82) is 0 Å². The Kier molecular flexibility index (Phi) is 3.34. The van der Waals surface area contributed by atoms with Gasteiger partial charge in [0, 0.05) is 22.9 Å². The van der Waals surface area contributed by atoms with Gasteiger partial charge in [-0.3, -0.25) is 0 Å². The van der Waals surface area contributed by atoms with Gasteiger partial charge in [-0.2, -0.15) is 0 Å². The Balaban J connectivity index is 1.69. The number of nitrogens with one attached hydrogen (secondary N) is 1. The molecule has 0 saturated heterocycles. The van der Waals surface area contributed by atoms with Crippen LogP contribution in [0.4, 0.5) is 0 Å². The van der Waals surface area contributed by atoms with E-state index in [2.05, 4.69) is 57.4 Å². The van der Waals surface area contributed by atoms with Gasteiger partial charge in [-0.15, -0.1) is 11.3 Å². The second kappa shape index (κ2) is 4.58. The maximum Gasteiger partial charge on any atom is 0.0129 e. The van der Waals surface area contributed by atoms with E-state index in [0.29, 0.717) is 16.9 Å². The standard InChI is InChI=1S/C18H29NS/c1-16(2,15-7-6-10-20-15)12-19-14-11-13-8-9-18(14,5)17(13,3)4/h6-7,10,13-14,19H,8-9,11-12H2,1-5H3. The normalized spacial score (nSPS) is 35.6. The number of rotatable bonds is 4. The van der Waals surface area contributed by atoms with Crippen molar-refractivity contribution < 1.29 is 0 Å². The first-order valence-corrected chi connectivity index (χ1v) is 8.93. The summed E-state index contributed by atoms with van der Waals surface area (Å²) >= 11 is 1.89. The summed E-state index contributed by atoms with van der Waals surface area (Å²) in [5.74, 6) is 0.926. The molecule has 1 aromatic heterocycles. The molecular formula is C18H29NS. The number of hydrogen-bond donors (Lipinski definition) is 1. The highest BCUT2D eigenvalue weighted by Crippen LogP contribution is 2.65. The fraction of sp³-hybridized carbons (Fsp3) is 0.778. The van der Waals surface area contributed by atoms with E-state index >= 15 is 0 Å². The molecule has 2 bridgehead atoms. The lowest BCUT2D eigenvalue weighted by molar-refractivity contribution is 0.118. The van der Waals surface area contributed by atoms with Crippen molar-refractivity contribution in [3.05, 3.63) is 22.4 Å². The van der Waals surface area contributed by atoms with Crippen LogP contribution >= 0.6 is 11.3 Å². The van der Waals surface area contributed by atoms with E-state index in [1.807, 2.05) is 11.3 Å². The molecule has 0 spiro atoms. The van der Waals surface area contributed by atoms with E-state index in [1.165, 1.54) is 24.1 Å². The van der Waals surface area contributed by atoms with Crippen molar-refractivity contribution in [3.8, 4) is 0 Å². The molecule has 2 fully saturated rings. The molecule has 3 rings (SSSR count). The van der Waals surface area contributed by atoms with Gasteiger partial charge in [0.25, 0.3) is 0 Å². The molecule has 20 heavy (non-hydrogen) atoms. The molecule has 1 heterocycles. The highest BCUT2D eigenvalue weighted by Gasteiger charge is 2.61. The summed E-state index contributed by atoms with van der Waals surface area (Å²) in [6, 6.07) is 5.15. The predicted molar refractivity (Wildman–Crippen MR) is 88.4 cm³/mol. The van der Waals surface area contributed by atoms with Gasteiger partial charge in [-0.25, -0.2) is 0 Å². The average Bonchev–Trinajstić information content (AvgIpc) is 3.02. The van der Waals surface area contributed by atoms with E-state index in [1.54, 1.807) is 0 Å². The number of fused-ring (bicyclic) bond motifs is 2. The quantitative estimate of drug-likeness (QED) is 0.838.